The SMILES string of the molecule is CCOc1ccc(C)c(-c2cc(C)ccc2C)c1. The standard InChI is InChI=1S/C17H20O/c1-5-18-15-9-8-14(4)17(11-15)16-10-12(2)6-7-13(16)3/h6-11H,5H2,1-4H3. The van der Waals surface area contributed by atoms with Crippen molar-refractivity contribution in [1.29, 1.82) is 0 Å². The van der Waals surface area contributed by atoms with Crippen LogP contribution in [-0.4, -0.2) is 6.61 Å². The largest absolute Gasteiger partial charge is 0.494 e. The van der Waals surface area contributed by atoms with Gasteiger partial charge in [0, 0.05) is 0 Å². The second kappa shape index (κ2) is 5.26. The number of rotatable bonds is 3. The molecule has 1 heteroatoms. The average Bonchev–Trinajstić information content (AvgIpc) is 2.35. The first kappa shape index (κ1) is 12.7. The van der Waals surface area contributed by atoms with Gasteiger partial charge in [-0.2, -0.15) is 0 Å². The minimum absolute atomic E-state index is 0.704. The van der Waals surface area contributed by atoms with E-state index in [0.29, 0.717) is 6.61 Å². The summed E-state index contributed by atoms with van der Waals surface area (Å²) in [4.78, 5) is 0. The van der Waals surface area contributed by atoms with Crippen molar-refractivity contribution in [2.75, 3.05) is 6.61 Å². The molecule has 0 N–H and O–H groups in total. The molecule has 0 heterocycles. The Balaban J connectivity index is 2.55. The van der Waals surface area contributed by atoms with Gasteiger partial charge >= 0.3 is 0 Å². The molecule has 2 rings (SSSR count). The van der Waals surface area contributed by atoms with Crippen LogP contribution in [0, 0.1) is 20.8 Å². The lowest BCUT2D eigenvalue weighted by Crippen LogP contribution is -1.94. The predicted octanol–water partition coefficient (Wildman–Crippen LogP) is 4.68. The van der Waals surface area contributed by atoms with Gasteiger partial charge in [-0.1, -0.05) is 29.8 Å². The second-order valence-electron chi connectivity index (χ2n) is 4.73. The highest BCUT2D eigenvalue weighted by atomic mass is 16.5. The van der Waals surface area contributed by atoms with Crippen LogP contribution >= 0.6 is 0 Å². The summed E-state index contributed by atoms with van der Waals surface area (Å²) in [5.74, 6) is 0.944. The molecule has 2 aromatic carbocycles. The predicted molar refractivity (Wildman–Crippen MR) is 77.3 cm³/mol. The molecule has 2 aromatic rings. The molecule has 0 unspecified atom stereocenters. The molecule has 0 saturated heterocycles. The van der Waals surface area contributed by atoms with E-state index in [1.807, 2.05) is 13.0 Å². The fourth-order valence-corrected chi connectivity index (χ4v) is 2.17. The summed E-state index contributed by atoms with van der Waals surface area (Å²) in [5.41, 5.74) is 6.44. The summed E-state index contributed by atoms with van der Waals surface area (Å²) in [6.45, 7) is 9.14. The van der Waals surface area contributed by atoms with E-state index in [1.165, 1.54) is 27.8 Å². The molecular formula is C17H20O. The molecule has 0 aliphatic heterocycles. The Labute approximate surface area is 109 Å². The van der Waals surface area contributed by atoms with Gasteiger partial charge in [0.2, 0.25) is 0 Å². The third-order valence-corrected chi connectivity index (χ3v) is 3.20. The number of hydrogen-bond donors (Lipinski definition) is 0. The fourth-order valence-electron chi connectivity index (χ4n) is 2.17. The van der Waals surface area contributed by atoms with Crippen molar-refractivity contribution in [2.24, 2.45) is 0 Å². The Morgan fingerprint density at radius 3 is 2.11 bits per heavy atom. The third kappa shape index (κ3) is 2.56. The van der Waals surface area contributed by atoms with Gasteiger partial charge in [0.25, 0.3) is 0 Å². The van der Waals surface area contributed by atoms with E-state index in [1.54, 1.807) is 0 Å². The second-order valence-corrected chi connectivity index (χ2v) is 4.73. The molecule has 0 atom stereocenters. The van der Waals surface area contributed by atoms with Crippen molar-refractivity contribution in [3.8, 4) is 16.9 Å². The summed E-state index contributed by atoms with van der Waals surface area (Å²) >= 11 is 0. The number of ether oxygens (including phenoxy) is 1. The van der Waals surface area contributed by atoms with E-state index in [0.717, 1.165) is 5.75 Å². The molecule has 0 saturated carbocycles. The van der Waals surface area contributed by atoms with Crippen LogP contribution in [0.5, 0.6) is 5.75 Å². The molecule has 0 amide bonds. The Bertz CT molecular complexity index is 556. The maximum absolute atomic E-state index is 5.59. The highest BCUT2D eigenvalue weighted by Crippen LogP contribution is 2.30. The Kier molecular flexibility index (Phi) is 3.71. The van der Waals surface area contributed by atoms with Crippen LogP contribution in [0.2, 0.25) is 0 Å². The van der Waals surface area contributed by atoms with E-state index < -0.39 is 0 Å². The third-order valence-electron chi connectivity index (χ3n) is 3.20. The van der Waals surface area contributed by atoms with Crippen molar-refractivity contribution >= 4 is 0 Å². The molecule has 0 fully saturated rings. The van der Waals surface area contributed by atoms with Crippen LogP contribution in [0.1, 0.15) is 23.6 Å². The zero-order chi connectivity index (χ0) is 13.1. The molecule has 18 heavy (non-hydrogen) atoms. The molecule has 0 spiro atoms. The van der Waals surface area contributed by atoms with Gasteiger partial charge in [0.1, 0.15) is 5.75 Å². The minimum atomic E-state index is 0.704. The van der Waals surface area contributed by atoms with Crippen LogP contribution in [0.15, 0.2) is 36.4 Å². The molecule has 1 nitrogen and oxygen atoms in total. The van der Waals surface area contributed by atoms with Gasteiger partial charge in [-0.15, -0.1) is 0 Å². The van der Waals surface area contributed by atoms with Crippen molar-refractivity contribution in [2.45, 2.75) is 27.7 Å². The maximum Gasteiger partial charge on any atom is 0.119 e. The van der Waals surface area contributed by atoms with Crippen LogP contribution in [0.4, 0.5) is 0 Å². The molecule has 0 bridgehead atoms. The first-order valence-electron chi connectivity index (χ1n) is 6.43. The van der Waals surface area contributed by atoms with Crippen LogP contribution in [0.3, 0.4) is 0 Å². The van der Waals surface area contributed by atoms with Crippen molar-refractivity contribution in [1.82, 2.24) is 0 Å². The lowest BCUT2D eigenvalue weighted by Gasteiger charge is -2.12. The van der Waals surface area contributed by atoms with Crippen molar-refractivity contribution in [3.05, 3.63) is 53.1 Å². The highest BCUT2D eigenvalue weighted by molar-refractivity contribution is 5.72. The van der Waals surface area contributed by atoms with Crippen molar-refractivity contribution < 1.29 is 4.74 Å². The Hall–Kier alpha value is -1.76. The van der Waals surface area contributed by atoms with Gasteiger partial charge in [0.05, 0.1) is 6.61 Å². The first-order valence-corrected chi connectivity index (χ1v) is 6.43. The van der Waals surface area contributed by atoms with Gasteiger partial charge in [-0.3, -0.25) is 0 Å². The van der Waals surface area contributed by atoms with E-state index in [-0.39, 0.29) is 0 Å². The lowest BCUT2D eigenvalue weighted by molar-refractivity contribution is 0.340. The average molecular weight is 240 g/mol. The molecule has 0 aliphatic carbocycles. The molecule has 94 valence electrons. The van der Waals surface area contributed by atoms with E-state index in [2.05, 4.69) is 51.1 Å². The summed E-state index contributed by atoms with van der Waals surface area (Å²) in [5, 5.41) is 0. The molecular weight excluding hydrogens is 220 g/mol. The number of benzene rings is 2. The van der Waals surface area contributed by atoms with Gasteiger partial charge in [0.15, 0.2) is 0 Å². The normalized spacial score (nSPS) is 10.4. The van der Waals surface area contributed by atoms with Gasteiger partial charge < -0.3 is 4.74 Å². The topological polar surface area (TPSA) is 9.23 Å². The quantitative estimate of drug-likeness (QED) is 0.757. The van der Waals surface area contributed by atoms with Crippen LogP contribution in [0.25, 0.3) is 11.1 Å². The molecule has 0 aromatic heterocycles. The smallest absolute Gasteiger partial charge is 0.119 e. The Morgan fingerprint density at radius 1 is 0.833 bits per heavy atom. The zero-order valence-electron chi connectivity index (χ0n) is 11.6. The summed E-state index contributed by atoms with van der Waals surface area (Å²) in [6, 6.07) is 12.9. The fraction of sp³-hybridized carbons (Fsp3) is 0.294. The van der Waals surface area contributed by atoms with Crippen LogP contribution < -0.4 is 4.74 Å². The summed E-state index contributed by atoms with van der Waals surface area (Å²) in [7, 11) is 0. The number of hydrogen-bond acceptors (Lipinski definition) is 1. The first-order chi connectivity index (χ1) is 8.61. The Morgan fingerprint density at radius 2 is 1.44 bits per heavy atom. The molecule has 0 aliphatic rings. The zero-order valence-corrected chi connectivity index (χ0v) is 11.6. The van der Waals surface area contributed by atoms with Crippen molar-refractivity contribution in [3.63, 3.8) is 0 Å². The van der Waals surface area contributed by atoms with Crippen LogP contribution in [-0.2, 0) is 0 Å². The van der Waals surface area contributed by atoms with E-state index >= 15 is 0 Å². The van der Waals surface area contributed by atoms with Gasteiger partial charge in [-0.25, -0.2) is 0 Å². The summed E-state index contributed by atoms with van der Waals surface area (Å²) in [6.07, 6.45) is 0. The minimum Gasteiger partial charge on any atom is -0.494 e. The monoisotopic (exact) mass is 240 g/mol. The summed E-state index contributed by atoms with van der Waals surface area (Å²) < 4.78 is 5.59. The maximum atomic E-state index is 5.59. The highest BCUT2D eigenvalue weighted by Gasteiger charge is 2.07. The number of aryl methyl sites for hydroxylation is 3. The van der Waals surface area contributed by atoms with E-state index in [9.17, 15) is 0 Å². The van der Waals surface area contributed by atoms with Gasteiger partial charge in [-0.05, 0) is 62.1 Å². The van der Waals surface area contributed by atoms with E-state index in [4.69, 9.17) is 4.74 Å². The lowest BCUT2D eigenvalue weighted by atomic mass is 9.95. The molecule has 0 radical (unpaired) electrons.